The Morgan fingerprint density at radius 2 is 2.21 bits per heavy atom. The zero-order valence-corrected chi connectivity index (χ0v) is 9.50. The standard InChI is InChI=1S/C10H13NOS2/c12-10(9-2-1-5-14-9)11-8-3-6-13-7-4-8/h1-2,5,8H,3-4,6-7H2,(H,11,12). The molecule has 1 aliphatic rings. The molecule has 1 saturated heterocycles. The highest BCUT2D eigenvalue weighted by molar-refractivity contribution is 7.99. The van der Waals surface area contributed by atoms with E-state index in [9.17, 15) is 4.79 Å². The molecule has 1 aromatic rings. The van der Waals surface area contributed by atoms with E-state index in [4.69, 9.17) is 0 Å². The molecule has 0 aliphatic carbocycles. The molecular weight excluding hydrogens is 214 g/mol. The fourth-order valence-corrected chi connectivity index (χ4v) is 3.24. The van der Waals surface area contributed by atoms with Crippen molar-refractivity contribution >= 4 is 29.0 Å². The van der Waals surface area contributed by atoms with E-state index in [0.29, 0.717) is 6.04 Å². The van der Waals surface area contributed by atoms with Crippen molar-refractivity contribution in [1.82, 2.24) is 5.32 Å². The van der Waals surface area contributed by atoms with Gasteiger partial charge in [0.2, 0.25) is 0 Å². The van der Waals surface area contributed by atoms with E-state index in [-0.39, 0.29) is 5.91 Å². The van der Waals surface area contributed by atoms with Crippen molar-refractivity contribution in [3.63, 3.8) is 0 Å². The molecule has 0 aromatic carbocycles. The number of hydrogen-bond acceptors (Lipinski definition) is 3. The second-order valence-electron chi connectivity index (χ2n) is 3.34. The largest absolute Gasteiger partial charge is 0.349 e. The van der Waals surface area contributed by atoms with E-state index < -0.39 is 0 Å². The number of hydrogen-bond donors (Lipinski definition) is 1. The van der Waals surface area contributed by atoms with Crippen molar-refractivity contribution in [2.45, 2.75) is 18.9 Å². The lowest BCUT2D eigenvalue weighted by Gasteiger charge is -2.22. The van der Waals surface area contributed by atoms with Gasteiger partial charge in [0.05, 0.1) is 4.88 Å². The zero-order chi connectivity index (χ0) is 9.80. The molecule has 2 heterocycles. The van der Waals surface area contributed by atoms with Crippen molar-refractivity contribution in [2.75, 3.05) is 11.5 Å². The molecule has 1 aliphatic heterocycles. The smallest absolute Gasteiger partial charge is 0.261 e. The molecular formula is C10H13NOS2. The van der Waals surface area contributed by atoms with Gasteiger partial charge in [-0.2, -0.15) is 11.8 Å². The lowest BCUT2D eigenvalue weighted by molar-refractivity contribution is 0.0939. The summed E-state index contributed by atoms with van der Waals surface area (Å²) < 4.78 is 0. The first kappa shape index (κ1) is 10.1. The van der Waals surface area contributed by atoms with Gasteiger partial charge >= 0.3 is 0 Å². The molecule has 4 heteroatoms. The Kier molecular flexibility index (Phi) is 3.48. The number of carbonyl (C=O) groups excluding carboxylic acids is 1. The second-order valence-corrected chi connectivity index (χ2v) is 5.51. The normalized spacial score (nSPS) is 18.0. The summed E-state index contributed by atoms with van der Waals surface area (Å²) in [6.07, 6.45) is 2.23. The Balaban J connectivity index is 1.87. The molecule has 76 valence electrons. The highest BCUT2D eigenvalue weighted by Gasteiger charge is 2.16. The minimum Gasteiger partial charge on any atom is -0.349 e. The third-order valence-electron chi connectivity index (χ3n) is 2.30. The van der Waals surface area contributed by atoms with Crippen LogP contribution in [-0.4, -0.2) is 23.5 Å². The molecule has 1 N–H and O–H groups in total. The van der Waals surface area contributed by atoms with Crippen LogP contribution in [0.4, 0.5) is 0 Å². The average Bonchev–Trinajstić information content (AvgIpc) is 2.72. The van der Waals surface area contributed by atoms with Crippen LogP contribution in [-0.2, 0) is 0 Å². The van der Waals surface area contributed by atoms with Crippen LogP contribution in [0.2, 0.25) is 0 Å². The average molecular weight is 227 g/mol. The summed E-state index contributed by atoms with van der Waals surface area (Å²) in [6.45, 7) is 0. The van der Waals surface area contributed by atoms with Gasteiger partial charge in [-0.1, -0.05) is 6.07 Å². The summed E-state index contributed by atoms with van der Waals surface area (Å²) in [5, 5.41) is 5.02. The van der Waals surface area contributed by atoms with Crippen LogP contribution in [0, 0.1) is 0 Å². The third kappa shape index (κ3) is 2.51. The molecule has 1 aromatic heterocycles. The van der Waals surface area contributed by atoms with Crippen LogP contribution in [0.5, 0.6) is 0 Å². The Hall–Kier alpha value is -0.480. The maximum atomic E-state index is 11.7. The highest BCUT2D eigenvalue weighted by Crippen LogP contribution is 2.18. The Bertz CT molecular complexity index is 291. The lowest BCUT2D eigenvalue weighted by atomic mass is 10.1. The third-order valence-corrected chi connectivity index (χ3v) is 4.22. The first-order chi connectivity index (χ1) is 6.86. The molecule has 1 amide bonds. The van der Waals surface area contributed by atoms with E-state index in [1.54, 1.807) is 0 Å². The minimum atomic E-state index is 0.0944. The second kappa shape index (κ2) is 4.84. The number of rotatable bonds is 2. The molecule has 0 atom stereocenters. The number of carbonyl (C=O) groups is 1. The number of thioether (sulfide) groups is 1. The van der Waals surface area contributed by atoms with Crippen LogP contribution in [0.3, 0.4) is 0 Å². The van der Waals surface area contributed by atoms with Gasteiger partial charge in [0.1, 0.15) is 0 Å². The lowest BCUT2D eigenvalue weighted by Crippen LogP contribution is -2.36. The van der Waals surface area contributed by atoms with Crippen molar-refractivity contribution in [3.05, 3.63) is 22.4 Å². The summed E-state index contributed by atoms with van der Waals surface area (Å²) in [5.74, 6) is 2.45. The maximum Gasteiger partial charge on any atom is 0.261 e. The van der Waals surface area contributed by atoms with Crippen LogP contribution in [0.1, 0.15) is 22.5 Å². The minimum absolute atomic E-state index is 0.0944. The van der Waals surface area contributed by atoms with Gasteiger partial charge in [-0.15, -0.1) is 11.3 Å². The van der Waals surface area contributed by atoms with E-state index in [1.807, 2.05) is 29.3 Å². The summed E-state index contributed by atoms with van der Waals surface area (Å²) in [7, 11) is 0. The van der Waals surface area contributed by atoms with Crippen LogP contribution in [0.15, 0.2) is 17.5 Å². The van der Waals surface area contributed by atoms with Gasteiger partial charge in [-0.3, -0.25) is 4.79 Å². The van der Waals surface area contributed by atoms with Crippen molar-refractivity contribution in [2.24, 2.45) is 0 Å². The van der Waals surface area contributed by atoms with Gasteiger partial charge < -0.3 is 5.32 Å². The molecule has 0 saturated carbocycles. The van der Waals surface area contributed by atoms with Gasteiger partial charge in [0.25, 0.3) is 5.91 Å². The summed E-state index contributed by atoms with van der Waals surface area (Å²) in [6, 6.07) is 4.18. The van der Waals surface area contributed by atoms with Crippen molar-refractivity contribution in [1.29, 1.82) is 0 Å². The number of nitrogens with one attached hydrogen (secondary N) is 1. The number of thiophene rings is 1. The van der Waals surface area contributed by atoms with E-state index in [1.165, 1.54) is 22.8 Å². The van der Waals surface area contributed by atoms with Gasteiger partial charge in [0.15, 0.2) is 0 Å². The van der Waals surface area contributed by atoms with Gasteiger partial charge in [0, 0.05) is 6.04 Å². The molecule has 1 fully saturated rings. The zero-order valence-electron chi connectivity index (χ0n) is 7.86. The predicted molar refractivity (Wildman–Crippen MR) is 62.1 cm³/mol. The van der Waals surface area contributed by atoms with Crippen LogP contribution < -0.4 is 5.32 Å². The van der Waals surface area contributed by atoms with E-state index in [0.717, 1.165) is 17.7 Å². The molecule has 2 rings (SSSR count). The predicted octanol–water partition coefficient (Wildman–Crippen LogP) is 2.37. The van der Waals surface area contributed by atoms with Crippen LogP contribution in [0.25, 0.3) is 0 Å². The quantitative estimate of drug-likeness (QED) is 0.840. The maximum absolute atomic E-state index is 11.7. The van der Waals surface area contributed by atoms with E-state index in [2.05, 4.69) is 5.32 Å². The van der Waals surface area contributed by atoms with E-state index >= 15 is 0 Å². The fraction of sp³-hybridized carbons (Fsp3) is 0.500. The Labute approximate surface area is 92.1 Å². The molecule has 0 radical (unpaired) electrons. The first-order valence-corrected chi connectivity index (χ1v) is 6.82. The Morgan fingerprint density at radius 3 is 2.86 bits per heavy atom. The van der Waals surface area contributed by atoms with Crippen molar-refractivity contribution in [3.8, 4) is 0 Å². The summed E-state index contributed by atoms with van der Waals surface area (Å²) in [5.41, 5.74) is 0. The summed E-state index contributed by atoms with van der Waals surface area (Å²) in [4.78, 5) is 12.5. The molecule has 0 unspecified atom stereocenters. The van der Waals surface area contributed by atoms with Crippen molar-refractivity contribution < 1.29 is 4.79 Å². The monoisotopic (exact) mass is 227 g/mol. The van der Waals surface area contributed by atoms with Crippen LogP contribution >= 0.6 is 23.1 Å². The number of amides is 1. The molecule has 0 spiro atoms. The molecule has 0 bridgehead atoms. The first-order valence-electron chi connectivity index (χ1n) is 4.78. The molecule has 14 heavy (non-hydrogen) atoms. The van der Waals surface area contributed by atoms with Gasteiger partial charge in [-0.05, 0) is 35.8 Å². The highest BCUT2D eigenvalue weighted by atomic mass is 32.2. The Morgan fingerprint density at radius 1 is 1.43 bits per heavy atom. The SMILES string of the molecule is O=C(NC1CCSCC1)c1cccs1. The topological polar surface area (TPSA) is 29.1 Å². The van der Waals surface area contributed by atoms with Gasteiger partial charge in [-0.25, -0.2) is 0 Å². The fourth-order valence-electron chi connectivity index (χ4n) is 1.51. The molecule has 2 nitrogen and oxygen atoms in total. The summed E-state index contributed by atoms with van der Waals surface area (Å²) >= 11 is 3.48.